The van der Waals surface area contributed by atoms with Gasteiger partial charge in [0.25, 0.3) is 0 Å². The Kier molecular flexibility index (Phi) is 5.02. The maximum absolute atomic E-state index is 12.1. The minimum atomic E-state index is -0.103. The average molecular weight is 297 g/mol. The van der Waals surface area contributed by atoms with E-state index in [0.717, 1.165) is 26.0 Å². The van der Waals surface area contributed by atoms with Gasteiger partial charge in [0.2, 0.25) is 5.91 Å². The molecule has 1 aromatic carbocycles. The number of halogens is 1. The van der Waals surface area contributed by atoms with Crippen LogP contribution in [0, 0.1) is 0 Å². The van der Waals surface area contributed by atoms with E-state index < -0.39 is 0 Å². The lowest BCUT2D eigenvalue weighted by Gasteiger charge is -2.25. The second-order valence-corrected chi connectivity index (χ2v) is 5.43. The quantitative estimate of drug-likeness (QED) is 0.887. The van der Waals surface area contributed by atoms with Crippen molar-refractivity contribution in [2.45, 2.75) is 30.8 Å². The molecule has 1 unspecified atom stereocenters. The van der Waals surface area contributed by atoms with Crippen LogP contribution in [0.3, 0.4) is 0 Å². The van der Waals surface area contributed by atoms with Gasteiger partial charge in [0.15, 0.2) is 0 Å². The van der Waals surface area contributed by atoms with Gasteiger partial charge in [-0.05, 0) is 18.4 Å². The standard InChI is InChI=1S/C15H20N2O2.ClH/c18-14(10-13-11-19-9-8-16-13)17-15(6-7-15)12-4-2-1-3-5-12;/h1-5,13,16H,6-11H2,(H,17,18);1H. The van der Waals surface area contributed by atoms with E-state index in [1.165, 1.54) is 5.56 Å². The number of carbonyl (C=O) groups is 1. The van der Waals surface area contributed by atoms with Gasteiger partial charge < -0.3 is 15.4 Å². The maximum Gasteiger partial charge on any atom is 0.222 e. The van der Waals surface area contributed by atoms with E-state index in [1.807, 2.05) is 18.2 Å². The van der Waals surface area contributed by atoms with Crippen molar-refractivity contribution in [2.75, 3.05) is 19.8 Å². The summed E-state index contributed by atoms with van der Waals surface area (Å²) in [7, 11) is 0. The van der Waals surface area contributed by atoms with Crippen LogP contribution in [-0.4, -0.2) is 31.7 Å². The highest BCUT2D eigenvalue weighted by Crippen LogP contribution is 2.45. The summed E-state index contributed by atoms with van der Waals surface area (Å²) in [5.41, 5.74) is 1.12. The number of benzene rings is 1. The van der Waals surface area contributed by atoms with Crippen molar-refractivity contribution in [3.63, 3.8) is 0 Å². The molecule has 0 radical (unpaired) electrons. The SMILES string of the molecule is Cl.O=C(CC1COCCN1)NC1(c2ccccc2)CC1. The van der Waals surface area contributed by atoms with Gasteiger partial charge in [-0.1, -0.05) is 30.3 Å². The number of rotatable bonds is 4. The highest BCUT2D eigenvalue weighted by molar-refractivity contribution is 5.85. The zero-order valence-corrected chi connectivity index (χ0v) is 12.2. The van der Waals surface area contributed by atoms with Gasteiger partial charge in [-0.3, -0.25) is 4.79 Å². The van der Waals surface area contributed by atoms with Crippen molar-refractivity contribution in [1.29, 1.82) is 0 Å². The molecule has 1 heterocycles. The first-order chi connectivity index (χ1) is 9.28. The van der Waals surface area contributed by atoms with Gasteiger partial charge in [-0.2, -0.15) is 0 Å². The highest BCUT2D eigenvalue weighted by Gasteiger charge is 2.45. The van der Waals surface area contributed by atoms with Crippen LogP contribution in [0.4, 0.5) is 0 Å². The Morgan fingerprint density at radius 3 is 2.70 bits per heavy atom. The van der Waals surface area contributed by atoms with E-state index in [4.69, 9.17) is 4.74 Å². The Bertz CT molecular complexity index is 442. The zero-order valence-electron chi connectivity index (χ0n) is 11.4. The molecule has 1 aliphatic carbocycles. The van der Waals surface area contributed by atoms with E-state index >= 15 is 0 Å². The van der Waals surface area contributed by atoms with E-state index in [0.29, 0.717) is 13.0 Å². The predicted molar refractivity (Wildman–Crippen MR) is 80.0 cm³/mol. The molecule has 110 valence electrons. The lowest BCUT2D eigenvalue weighted by atomic mass is 10.0. The molecular formula is C15H21ClN2O2. The lowest BCUT2D eigenvalue weighted by Crippen LogP contribution is -2.45. The number of carbonyl (C=O) groups excluding carboxylic acids is 1. The Hall–Kier alpha value is -1.10. The third-order valence-corrected chi connectivity index (χ3v) is 3.89. The Balaban J connectivity index is 0.00000147. The van der Waals surface area contributed by atoms with Crippen molar-refractivity contribution in [3.05, 3.63) is 35.9 Å². The van der Waals surface area contributed by atoms with Gasteiger partial charge in [0.1, 0.15) is 0 Å². The van der Waals surface area contributed by atoms with Gasteiger partial charge in [0, 0.05) is 19.0 Å². The summed E-state index contributed by atoms with van der Waals surface area (Å²) in [6.45, 7) is 2.21. The smallest absolute Gasteiger partial charge is 0.222 e. The van der Waals surface area contributed by atoms with E-state index in [9.17, 15) is 4.79 Å². The molecule has 1 aromatic rings. The zero-order chi connectivity index (χ0) is 13.1. The van der Waals surface area contributed by atoms with Crippen LogP contribution in [0.15, 0.2) is 30.3 Å². The molecule has 2 fully saturated rings. The Morgan fingerprint density at radius 1 is 1.35 bits per heavy atom. The summed E-state index contributed by atoms with van der Waals surface area (Å²) in [5.74, 6) is 0.115. The number of hydrogen-bond acceptors (Lipinski definition) is 3. The number of amides is 1. The minimum Gasteiger partial charge on any atom is -0.378 e. The third-order valence-electron chi connectivity index (χ3n) is 3.89. The fourth-order valence-corrected chi connectivity index (χ4v) is 2.66. The third kappa shape index (κ3) is 3.51. The van der Waals surface area contributed by atoms with Crippen LogP contribution in [0.1, 0.15) is 24.8 Å². The van der Waals surface area contributed by atoms with Crippen LogP contribution in [0.25, 0.3) is 0 Å². The predicted octanol–water partition coefficient (Wildman–Crippen LogP) is 1.59. The molecule has 0 spiro atoms. The first-order valence-corrected chi connectivity index (χ1v) is 6.96. The van der Waals surface area contributed by atoms with Crippen LogP contribution in [0.5, 0.6) is 0 Å². The van der Waals surface area contributed by atoms with Crippen LogP contribution in [0.2, 0.25) is 0 Å². The summed E-state index contributed by atoms with van der Waals surface area (Å²) in [6.07, 6.45) is 2.57. The fourth-order valence-electron chi connectivity index (χ4n) is 2.66. The summed E-state index contributed by atoms with van der Waals surface area (Å²) < 4.78 is 5.37. The van der Waals surface area contributed by atoms with Crippen LogP contribution >= 0.6 is 12.4 Å². The molecular weight excluding hydrogens is 276 g/mol. The van der Waals surface area contributed by atoms with E-state index in [2.05, 4.69) is 22.8 Å². The maximum atomic E-state index is 12.1. The minimum absolute atomic E-state index is 0. The van der Waals surface area contributed by atoms with Crippen molar-refractivity contribution in [3.8, 4) is 0 Å². The molecule has 1 saturated carbocycles. The largest absolute Gasteiger partial charge is 0.378 e. The summed E-state index contributed by atoms with van der Waals surface area (Å²) in [4.78, 5) is 12.1. The number of hydrogen-bond donors (Lipinski definition) is 2. The number of ether oxygens (including phenoxy) is 1. The summed E-state index contributed by atoms with van der Waals surface area (Å²) in [6, 6.07) is 10.4. The second kappa shape index (κ2) is 6.57. The molecule has 20 heavy (non-hydrogen) atoms. The fraction of sp³-hybridized carbons (Fsp3) is 0.533. The molecule has 3 rings (SSSR count). The van der Waals surface area contributed by atoms with Crippen molar-refractivity contribution < 1.29 is 9.53 Å². The van der Waals surface area contributed by atoms with Crippen LogP contribution < -0.4 is 10.6 Å². The van der Waals surface area contributed by atoms with E-state index in [1.54, 1.807) is 0 Å². The van der Waals surface area contributed by atoms with Gasteiger partial charge in [-0.25, -0.2) is 0 Å². The average Bonchev–Trinajstić information content (AvgIpc) is 3.21. The van der Waals surface area contributed by atoms with Crippen molar-refractivity contribution in [1.82, 2.24) is 10.6 Å². The van der Waals surface area contributed by atoms with Crippen molar-refractivity contribution >= 4 is 18.3 Å². The van der Waals surface area contributed by atoms with Crippen molar-refractivity contribution in [2.24, 2.45) is 0 Å². The first kappa shape index (κ1) is 15.3. The molecule has 1 saturated heterocycles. The van der Waals surface area contributed by atoms with Gasteiger partial charge in [0.05, 0.1) is 18.8 Å². The summed E-state index contributed by atoms with van der Waals surface area (Å²) >= 11 is 0. The van der Waals surface area contributed by atoms with E-state index in [-0.39, 0.29) is 29.9 Å². The first-order valence-electron chi connectivity index (χ1n) is 6.96. The monoisotopic (exact) mass is 296 g/mol. The van der Waals surface area contributed by atoms with Gasteiger partial charge >= 0.3 is 0 Å². The second-order valence-electron chi connectivity index (χ2n) is 5.43. The van der Waals surface area contributed by atoms with Crippen LogP contribution in [-0.2, 0) is 15.1 Å². The molecule has 2 N–H and O–H groups in total. The number of morpholine rings is 1. The molecule has 1 amide bonds. The Labute approximate surface area is 125 Å². The Morgan fingerprint density at radius 2 is 2.10 bits per heavy atom. The highest BCUT2D eigenvalue weighted by atomic mass is 35.5. The molecule has 5 heteroatoms. The topological polar surface area (TPSA) is 50.4 Å². The molecule has 0 bridgehead atoms. The molecule has 0 aromatic heterocycles. The summed E-state index contributed by atoms with van der Waals surface area (Å²) in [5, 5.41) is 6.51. The molecule has 1 aliphatic heterocycles. The molecule has 2 aliphatic rings. The lowest BCUT2D eigenvalue weighted by molar-refractivity contribution is -0.123. The molecule has 4 nitrogen and oxygen atoms in total. The van der Waals surface area contributed by atoms with Gasteiger partial charge in [-0.15, -0.1) is 12.4 Å². The number of nitrogens with one attached hydrogen (secondary N) is 2. The normalized spacial score (nSPS) is 23.5. The molecule has 1 atom stereocenters.